The minimum atomic E-state index is -1.84. The highest BCUT2D eigenvalue weighted by atomic mass is 16.7. The summed E-state index contributed by atoms with van der Waals surface area (Å²) in [7, 11) is 0. The van der Waals surface area contributed by atoms with Crippen molar-refractivity contribution in [3.05, 3.63) is 29.6 Å². The highest BCUT2D eigenvalue weighted by Gasteiger charge is 2.55. The molecule has 1 aromatic rings. The predicted octanol–water partition coefficient (Wildman–Crippen LogP) is 0.640. The normalized spacial score (nSPS) is 28.3. The molecule has 35 heavy (non-hydrogen) atoms. The molecule has 3 unspecified atom stereocenters. The van der Waals surface area contributed by atoms with Gasteiger partial charge >= 0.3 is 11.9 Å². The first-order chi connectivity index (χ1) is 16.8. The van der Waals surface area contributed by atoms with Crippen molar-refractivity contribution >= 4 is 17.8 Å². The standard InChI is InChI=1S/C24H33N3O8/c25-22(30)19-10-15(4-7-26-19)24(35-14-34-21(29)11-20(28)23(31)32)16-2-1-3-17(24)13-27(12-16)18-5-8-33-9-6-18/h4,7,10,16-18,20,28H,1-3,5-6,8-9,11-14H2,(H2,25,30)(H,31,32). The Morgan fingerprint density at radius 3 is 2.51 bits per heavy atom. The zero-order chi connectivity index (χ0) is 25.0. The highest BCUT2D eigenvalue weighted by molar-refractivity contribution is 5.90. The smallest absolute Gasteiger partial charge is 0.333 e. The Kier molecular flexibility index (Phi) is 8.00. The first-order valence-electron chi connectivity index (χ1n) is 12.1. The summed E-state index contributed by atoms with van der Waals surface area (Å²) in [6.45, 7) is 2.69. The molecule has 4 rings (SSSR count). The number of rotatable bonds is 9. The number of fused-ring (bicyclic) bond motifs is 2. The number of likely N-dealkylation sites (tertiary alicyclic amines) is 1. The van der Waals surface area contributed by atoms with E-state index < -0.39 is 42.8 Å². The fourth-order valence-corrected chi connectivity index (χ4v) is 5.91. The van der Waals surface area contributed by atoms with Gasteiger partial charge < -0.3 is 30.2 Å². The van der Waals surface area contributed by atoms with Crippen LogP contribution in [0.2, 0.25) is 0 Å². The molecule has 2 bridgehead atoms. The number of aliphatic hydroxyl groups is 1. The second kappa shape index (κ2) is 11.0. The number of nitrogens with two attached hydrogens (primary N) is 1. The van der Waals surface area contributed by atoms with E-state index in [0.717, 1.165) is 64.0 Å². The average molecular weight is 492 g/mol. The summed E-state index contributed by atoms with van der Waals surface area (Å²) >= 11 is 0. The summed E-state index contributed by atoms with van der Waals surface area (Å²) in [5, 5.41) is 18.3. The van der Waals surface area contributed by atoms with Crippen LogP contribution in [0.5, 0.6) is 0 Å². The number of carbonyl (C=O) groups excluding carboxylic acids is 2. The van der Waals surface area contributed by atoms with E-state index in [1.54, 1.807) is 6.07 Å². The number of ether oxygens (including phenoxy) is 3. The predicted molar refractivity (Wildman–Crippen MR) is 121 cm³/mol. The molecule has 4 N–H and O–H groups in total. The van der Waals surface area contributed by atoms with E-state index >= 15 is 0 Å². The van der Waals surface area contributed by atoms with Crippen LogP contribution in [0.3, 0.4) is 0 Å². The van der Waals surface area contributed by atoms with Crippen LogP contribution in [0.1, 0.15) is 54.6 Å². The molecule has 11 heteroatoms. The van der Waals surface area contributed by atoms with Crippen LogP contribution in [-0.2, 0) is 29.4 Å². The van der Waals surface area contributed by atoms with E-state index in [0.29, 0.717) is 6.04 Å². The van der Waals surface area contributed by atoms with Crippen LogP contribution in [-0.4, -0.2) is 83.2 Å². The fourth-order valence-electron chi connectivity index (χ4n) is 5.91. The molecular formula is C24H33N3O8. The van der Waals surface area contributed by atoms with E-state index in [1.807, 2.05) is 6.07 Å². The number of nitrogens with zero attached hydrogens (tertiary/aromatic N) is 2. The molecule has 1 aromatic heterocycles. The van der Waals surface area contributed by atoms with E-state index in [1.165, 1.54) is 6.20 Å². The molecule has 0 radical (unpaired) electrons. The largest absolute Gasteiger partial charge is 0.479 e. The lowest BCUT2D eigenvalue weighted by molar-refractivity contribution is -0.233. The van der Waals surface area contributed by atoms with Crippen molar-refractivity contribution in [3.8, 4) is 0 Å². The Labute approximate surface area is 203 Å². The minimum Gasteiger partial charge on any atom is -0.479 e. The Morgan fingerprint density at radius 1 is 1.20 bits per heavy atom. The Morgan fingerprint density at radius 2 is 1.89 bits per heavy atom. The molecule has 3 fully saturated rings. The summed E-state index contributed by atoms with van der Waals surface area (Å²) in [6, 6.07) is 3.92. The molecule has 1 amide bonds. The molecule has 2 aliphatic heterocycles. The van der Waals surface area contributed by atoms with Crippen LogP contribution < -0.4 is 5.73 Å². The van der Waals surface area contributed by atoms with Gasteiger partial charge in [0.1, 0.15) is 11.3 Å². The third kappa shape index (κ3) is 5.48. The molecule has 1 saturated carbocycles. The maximum Gasteiger partial charge on any atom is 0.333 e. The van der Waals surface area contributed by atoms with Crippen molar-refractivity contribution in [1.82, 2.24) is 9.88 Å². The van der Waals surface area contributed by atoms with Gasteiger partial charge in [-0.15, -0.1) is 0 Å². The monoisotopic (exact) mass is 491 g/mol. The van der Waals surface area contributed by atoms with Crippen molar-refractivity contribution in [3.63, 3.8) is 0 Å². The zero-order valence-corrected chi connectivity index (χ0v) is 19.6. The van der Waals surface area contributed by atoms with Crippen LogP contribution in [0.4, 0.5) is 0 Å². The number of carboxylic acids is 1. The van der Waals surface area contributed by atoms with Crippen molar-refractivity contribution in [2.24, 2.45) is 17.6 Å². The Hall–Kier alpha value is -2.60. The number of aliphatic carboxylic acids is 1. The Balaban J connectivity index is 1.58. The Bertz CT molecular complexity index is 921. The van der Waals surface area contributed by atoms with Gasteiger partial charge in [-0.2, -0.15) is 0 Å². The van der Waals surface area contributed by atoms with Crippen LogP contribution in [0, 0.1) is 11.8 Å². The fraction of sp³-hybridized carbons (Fsp3) is 0.667. The zero-order valence-electron chi connectivity index (χ0n) is 19.6. The van der Waals surface area contributed by atoms with E-state index in [-0.39, 0.29) is 17.5 Å². The maximum atomic E-state index is 12.1. The third-order valence-corrected chi connectivity index (χ3v) is 7.56. The molecule has 2 saturated heterocycles. The average Bonchev–Trinajstić information content (AvgIpc) is 2.84. The second-order valence-corrected chi connectivity index (χ2v) is 9.55. The molecule has 0 aromatic carbocycles. The summed E-state index contributed by atoms with van der Waals surface area (Å²) in [5.41, 5.74) is 5.58. The van der Waals surface area contributed by atoms with Gasteiger partial charge in [-0.25, -0.2) is 4.79 Å². The number of carboxylic acid groups (broad SMARTS) is 1. The lowest BCUT2D eigenvalue weighted by atomic mass is 9.62. The number of esters is 1. The van der Waals surface area contributed by atoms with Crippen LogP contribution in [0.15, 0.2) is 18.3 Å². The van der Waals surface area contributed by atoms with Gasteiger partial charge in [0.15, 0.2) is 12.9 Å². The SMILES string of the molecule is NC(=O)c1cc(C2(OCOC(=O)CC(O)C(=O)O)C3CCCC2CN(C2CCOCC2)C3)ccn1. The van der Waals surface area contributed by atoms with Gasteiger partial charge in [0.25, 0.3) is 5.91 Å². The topological polar surface area (TPSA) is 162 Å². The van der Waals surface area contributed by atoms with E-state index in [2.05, 4.69) is 9.88 Å². The van der Waals surface area contributed by atoms with E-state index in [9.17, 15) is 19.5 Å². The van der Waals surface area contributed by atoms with Gasteiger partial charge in [0.05, 0.1) is 6.42 Å². The molecule has 11 nitrogen and oxygen atoms in total. The number of aliphatic hydroxyl groups excluding tert-OH is 1. The van der Waals surface area contributed by atoms with Gasteiger partial charge in [0.2, 0.25) is 0 Å². The number of hydrogen-bond acceptors (Lipinski definition) is 9. The lowest BCUT2D eigenvalue weighted by Crippen LogP contribution is -2.61. The molecule has 3 heterocycles. The highest BCUT2D eigenvalue weighted by Crippen LogP contribution is 2.52. The molecule has 3 atom stereocenters. The summed E-state index contributed by atoms with van der Waals surface area (Å²) in [6.07, 6.45) is 3.84. The second-order valence-electron chi connectivity index (χ2n) is 9.55. The van der Waals surface area contributed by atoms with Crippen molar-refractivity contribution in [2.45, 2.75) is 56.3 Å². The van der Waals surface area contributed by atoms with E-state index in [4.69, 9.17) is 25.1 Å². The third-order valence-electron chi connectivity index (χ3n) is 7.56. The molecule has 0 spiro atoms. The van der Waals surface area contributed by atoms with Crippen molar-refractivity contribution < 1.29 is 38.8 Å². The van der Waals surface area contributed by atoms with Gasteiger partial charge in [0, 0.05) is 50.4 Å². The number of primary amides is 1. The quantitative estimate of drug-likeness (QED) is 0.330. The number of hydrogen-bond donors (Lipinski definition) is 3. The number of amides is 1. The lowest BCUT2D eigenvalue weighted by Gasteiger charge is -2.57. The van der Waals surface area contributed by atoms with Crippen LogP contribution >= 0.6 is 0 Å². The van der Waals surface area contributed by atoms with Gasteiger partial charge in [-0.1, -0.05) is 6.42 Å². The van der Waals surface area contributed by atoms with Crippen molar-refractivity contribution in [2.75, 3.05) is 33.1 Å². The first kappa shape index (κ1) is 25.5. The van der Waals surface area contributed by atoms with Crippen molar-refractivity contribution in [1.29, 1.82) is 0 Å². The number of carbonyl (C=O) groups is 3. The summed E-state index contributed by atoms with van der Waals surface area (Å²) in [4.78, 5) is 41.4. The molecule has 192 valence electrons. The summed E-state index contributed by atoms with van der Waals surface area (Å²) in [5.74, 6) is -2.85. The van der Waals surface area contributed by atoms with Gasteiger partial charge in [-0.3, -0.25) is 19.5 Å². The number of aromatic nitrogens is 1. The molecule has 1 aliphatic carbocycles. The number of piperidine rings is 1. The van der Waals surface area contributed by atoms with Gasteiger partial charge in [-0.05, 0) is 43.4 Å². The minimum absolute atomic E-state index is 0.0734. The first-order valence-corrected chi connectivity index (χ1v) is 12.1. The summed E-state index contributed by atoms with van der Waals surface area (Å²) < 4.78 is 17.1. The van der Waals surface area contributed by atoms with Crippen LogP contribution in [0.25, 0.3) is 0 Å². The number of pyridine rings is 1. The maximum absolute atomic E-state index is 12.1. The molecule has 3 aliphatic rings. The molecular weight excluding hydrogens is 458 g/mol.